The first-order chi connectivity index (χ1) is 8.54. The summed E-state index contributed by atoms with van der Waals surface area (Å²) >= 11 is 0. The van der Waals surface area contributed by atoms with Gasteiger partial charge in [-0.1, -0.05) is 6.92 Å². The molecular formula is C12H18N4O2. The number of aromatic nitrogens is 2. The van der Waals surface area contributed by atoms with Crippen LogP contribution in [0.25, 0.3) is 0 Å². The molecule has 0 saturated heterocycles. The Balaban J connectivity index is 1.98. The first-order valence-electron chi connectivity index (χ1n) is 6.13. The number of anilines is 2. The number of carboxylic acid groups (broad SMARTS) is 1. The average Bonchev–Trinajstić information content (AvgIpc) is 3.08. The van der Waals surface area contributed by atoms with Crippen LogP contribution in [0.5, 0.6) is 0 Å². The molecule has 0 spiro atoms. The fourth-order valence-electron chi connectivity index (χ4n) is 1.51. The molecule has 2 rings (SSSR count). The van der Waals surface area contributed by atoms with Gasteiger partial charge in [-0.2, -0.15) is 0 Å². The molecule has 0 radical (unpaired) electrons. The van der Waals surface area contributed by atoms with Crippen molar-refractivity contribution in [2.75, 3.05) is 17.2 Å². The highest BCUT2D eigenvalue weighted by molar-refractivity contribution is 5.70. The third-order valence-electron chi connectivity index (χ3n) is 2.78. The molecule has 98 valence electrons. The summed E-state index contributed by atoms with van der Waals surface area (Å²) in [5.74, 6) is 0.880. The molecule has 1 aliphatic carbocycles. The van der Waals surface area contributed by atoms with E-state index in [1.807, 2.05) is 13.0 Å². The number of hydrogen-bond donors (Lipinski definition) is 3. The lowest BCUT2D eigenvalue weighted by Gasteiger charge is -2.11. The Morgan fingerprint density at radius 3 is 2.78 bits per heavy atom. The van der Waals surface area contributed by atoms with E-state index in [0.717, 1.165) is 5.82 Å². The second-order valence-corrected chi connectivity index (χ2v) is 4.72. The van der Waals surface area contributed by atoms with E-state index >= 15 is 0 Å². The fraction of sp³-hybridized carbons (Fsp3) is 0.583. The highest BCUT2D eigenvalue weighted by Gasteiger charge is 2.21. The predicted octanol–water partition coefficient (Wildman–Crippen LogP) is 1.49. The second kappa shape index (κ2) is 5.20. The van der Waals surface area contributed by atoms with Crippen LogP contribution in [0, 0.1) is 12.8 Å². The Morgan fingerprint density at radius 2 is 2.17 bits per heavy atom. The maximum Gasteiger partial charge on any atom is 0.308 e. The van der Waals surface area contributed by atoms with Gasteiger partial charge in [0.15, 0.2) is 0 Å². The zero-order valence-electron chi connectivity index (χ0n) is 10.6. The molecule has 1 aromatic heterocycles. The summed E-state index contributed by atoms with van der Waals surface area (Å²) in [6.07, 6.45) is 2.36. The lowest BCUT2D eigenvalue weighted by atomic mass is 10.2. The van der Waals surface area contributed by atoms with Crippen LogP contribution < -0.4 is 10.6 Å². The van der Waals surface area contributed by atoms with Crippen LogP contribution in [0.4, 0.5) is 11.6 Å². The van der Waals surface area contributed by atoms with Crippen molar-refractivity contribution >= 4 is 17.6 Å². The average molecular weight is 250 g/mol. The van der Waals surface area contributed by atoms with E-state index in [1.165, 1.54) is 12.8 Å². The molecule has 18 heavy (non-hydrogen) atoms. The SMILES string of the molecule is Cc1nc(NCC(C)C(=O)O)cc(NC2CC2)n1. The Kier molecular flexibility index (Phi) is 3.64. The maximum atomic E-state index is 10.7. The van der Waals surface area contributed by atoms with Gasteiger partial charge in [0.25, 0.3) is 0 Å². The summed E-state index contributed by atoms with van der Waals surface area (Å²) in [6, 6.07) is 2.35. The molecule has 1 aliphatic rings. The molecule has 0 bridgehead atoms. The van der Waals surface area contributed by atoms with Crippen LogP contribution in [-0.2, 0) is 4.79 Å². The van der Waals surface area contributed by atoms with Gasteiger partial charge in [-0.25, -0.2) is 9.97 Å². The number of nitrogens with one attached hydrogen (secondary N) is 2. The lowest BCUT2D eigenvalue weighted by Crippen LogP contribution is -2.20. The Labute approximate surface area is 106 Å². The number of carboxylic acids is 1. The van der Waals surface area contributed by atoms with Crippen LogP contribution in [0.3, 0.4) is 0 Å². The van der Waals surface area contributed by atoms with E-state index in [1.54, 1.807) is 6.92 Å². The third-order valence-corrected chi connectivity index (χ3v) is 2.78. The fourth-order valence-corrected chi connectivity index (χ4v) is 1.51. The van der Waals surface area contributed by atoms with Crippen LogP contribution >= 0.6 is 0 Å². The van der Waals surface area contributed by atoms with Gasteiger partial charge in [-0.3, -0.25) is 4.79 Å². The number of carbonyl (C=O) groups is 1. The van der Waals surface area contributed by atoms with Gasteiger partial charge in [0.1, 0.15) is 17.5 Å². The summed E-state index contributed by atoms with van der Waals surface area (Å²) in [6.45, 7) is 3.84. The maximum absolute atomic E-state index is 10.7. The van der Waals surface area contributed by atoms with Gasteiger partial charge in [0.2, 0.25) is 0 Å². The summed E-state index contributed by atoms with van der Waals surface area (Å²) in [7, 11) is 0. The third kappa shape index (κ3) is 3.58. The molecular weight excluding hydrogens is 232 g/mol. The van der Waals surface area contributed by atoms with Gasteiger partial charge in [-0.05, 0) is 19.8 Å². The van der Waals surface area contributed by atoms with Crippen molar-refractivity contribution < 1.29 is 9.90 Å². The largest absolute Gasteiger partial charge is 0.481 e. The molecule has 6 heteroatoms. The van der Waals surface area contributed by atoms with Crippen LogP contribution in [0.2, 0.25) is 0 Å². The molecule has 1 heterocycles. The minimum Gasteiger partial charge on any atom is -0.481 e. The monoisotopic (exact) mass is 250 g/mol. The van der Waals surface area contributed by atoms with Gasteiger partial charge < -0.3 is 15.7 Å². The van der Waals surface area contributed by atoms with Crippen molar-refractivity contribution in [1.82, 2.24) is 9.97 Å². The van der Waals surface area contributed by atoms with E-state index in [2.05, 4.69) is 20.6 Å². The lowest BCUT2D eigenvalue weighted by molar-refractivity contribution is -0.140. The molecule has 6 nitrogen and oxygen atoms in total. The van der Waals surface area contributed by atoms with Crippen molar-refractivity contribution in [3.05, 3.63) is 11.9 Å². The number of aliphatic carboxylic acids is 1. The van der Waals surface area contributed by atoms with E-state index in [9.17, 15) is 4.79 Å². The smallest absolute Gasteiger partial charge is 0.308 e. The molecule has 3 N–H and O–H groups in total. The van der Waals surface area contributed by atoms with Crippen LogP contribution in [0.1, 0.15) is 25.6 Å². The first kappa shape index (κ1) is 12.6. The van der Waals surface area contributed by atoms with E-state index in [0.29, 0.717) is 24.2 Å². The van der Waals surface area contributed by atoms with Gasteiger partial charge in [-0.15, -0.1) is 0 Å². The van der Waals surface area contributed by atoms with Crippen molar-refractivity contribution in [3.63, 3.8) is 0 Å². The van der Waals surface area contributed by atoms with Gasteiger partial charge in [0, 0.05) is 18.7 Å². The summed E-state index contributed by atoms with van der Waals surface area (Å²) in [4.78, 5) is 19.3. The van der Waals surface area contributed by atoms with E-state index in [4.69, 9.17) is 5.11 Å². The zero-order valence-corrected chi connectivity index (χ0v) is 10.6. The van der Waals surface area contributed by atoms with Crippen LogP contribution in [-0.4, -0.2) is 33.6 Å². The highest BCUT2D eigenvalue weighted by atomic mass is 16.4. The molecule has 1 unspecified atom stereocenters. The second-order valence-electron chi connectivity index (χ2n) is 4.72. The zero-order chi connectivity index (χ0) is 13.1. The standard InChI is InChI=1S/C12H18N4O2/c1-7(12(17)18)6-13-10-5-11(15-8(2)14-10)16-9-3-4-9/h5,7,9H,3-4,6H2,1-2H3,(H,17,18)(H2,13,14,15,16). The number of nitrogens with zero attached hydrogens (tertiary/aromatic N) is 2. The Bertz CT molecular complexity index is 446. The van der Waals surface area contributed by atoms with Crippen molar-refractivity contribution in [3.8, 4) is 0 Å². The molecule has 0 amide bonds. The van der Waals surface area contributed by atoms with Gasteiger partial charge in [0.05, 0.1) is 5.92 Å². The molecule has 0 aliphatic heterocycles. The van der Waals surface area contributed by atoms with E-state index < -0.39 is 11.9 Å². The van der Waals surface area contributed by atoms with Gasteiger partial charge >= 0.3 is 5.97 Å². The molecule has 1 aromatic rings. The Hall–Kier alpha value is -1.85. The number of aryl methyl sites for hydroxylation is 1. The van der Waals surface area contributed by atoms with Crippen LogP contribution in [0.15, 0.2) is 6.07 Å². The summed E-state index contributed by atoms with van der Waals surface area (Å²) in [5.41, 5.74) is 0. The van der Waals surface area contributed by atoms with Crippen molar-refractivity contribution in [2.45, 2.75) is 32.7 Å². The molecule has 1 fully saturated rings. The first-order valence-corrected chi connectivity index (χ1v) is 6.13. The summed E-state index contributed by atoms with van der Waals surface area (Å²) < 4.78 is 0. The quantitative estimate of drug-likeness (QED) is 0.709. The van der Waals surface area contributed by atoms with Crippen molar-refractivity contribution in [2.24, 2.45) is 5.92 Å². The normalized spacial score (nSPS) is 16.1. The molecule has 1 atom stereocenters. The van der Waals surface area contributed by atoms with Crippen molar-refractivity contribution in [1.29, 1.82) is 0 Å². The summed E-state index contributed by atoms with van der Waals surface area (Å²) in [5, 5.41) is 15.1. The molecule has 0 aromatic carbocycles. The highest BCUT2D eigenvalue weighted by Crippen LogP contribution is 2.24. The topological polar surface area (TPSA) is 87.1 Å². The molecule has 1 saturated carbocycles. The number of rotatable bonds is 6. The Morgan fingerprint density at radius 1 is 1.50 bits per heavy atom. The minimum absolute atomic E-state index is 0.356. The van der Waals surface area contributed by atoms with E-state index in [-0.39, 0.29) is 0 Å². The predicted molar refractivity (Wildman–Crippen MR) is 68.7 cm³/mol. The number of hydrogen-bond acceptors (Lipinski definition) is 5. The minimum atomic E-state index is -0.815.